The fourth-order valence-corrected chi connectivity index (χ4v) is 2.58. The zero-order chi connectivity index (χ0) is 13.1. The minimum atomic E-state index is 0.327. The molecule has 1 atom stereocenters. The number of aryl methyl sites for hydroxylation is 2. The average Bonchev–Trinajstić information content (AvgIpc) is 2.72. The first-order valence-electron chi connectivity index (χ1n) is 6.11. The third-order valence-corrected chi connectivity index (χ3v) is 3.68. The molecule has 0 aliphatic carbocycles. The van der Waals surface area contributed by atoms with Gasteiger partial charge in [-0.3, -0.25) is 0 Å². The van der Waals surface area contributed by atoms with Crippen LogP contribution in [0.5, 0.6) is 0 Å². The molecule has 96 valence electrons. The average molecular weight is 355 g/mol. The van der Waals surface area contributed by atoms with Gasteiger partial charge in [-0.1, -0.05) is 23.8 Å². The van der Waals surface area contributed by atoms with Gasteiger partial charge in [0.05, 0.1) is 6.54 Å². The molecule has 1 aromatic heterocycles. The summed E-state index contributed by atoms with van der Waals surface area (Å²) in [4.78, 5) is 0. The second-order valence-corrected chi connectivity index (χ2v) is 5.73. The highest BCUT2D eigenvalue weighted by atomic mass is 127. The van der Waals surface area contributed by atoms with E-state index in [9.17, 15) is 0 Å². The lowest BCUT2D eigenvalue weighted by atomic mass is 10.0. The number of hydrogen-bond acceptors (Lipinski definition) is 2. The van der Waals surface area contributed by atoms with Crippen molar-refractivity contribution in [1.29, 1.82) is 0 Å². The van der Waals surface area contributed by atoms with Crippen LogP contribution in [0.4, 0.5) is 0 Å². The third kappa shape index (κ3) is 3.36. The summed E-state index contributed by atoms with van der Waals surface area (Å²) in [6, 6.07) is 10.9. The molecule has 0 bridgehead atoms. The quantitative estimate of drug-likeness (QED) is 0.825. The Morgan fingerprint density at radius 3 is 2.61 bits per heavy atom. The van der Waals surface area contributed by atoms with E-state index >= 15 is 0 Å². The molecule has 0 saturated carbocycles. The van der Waals surface area contributed by atoms with Crippen LogP contribution in [0.15, 0.2) is 34.7 Å². The van der Waals surface area contributed by atoms with Crippen molar-refractivity contribution in [3.05, 3.63) is 56.5 Å². The highest BCUT2D eigenvalue weighted by Crippen LogP contribution is 2.19. The molecule has 1 heterocycles. The molecule has 1 aromatic carbocycles. The van der Waals surface area contributed by atoms with Crippen LogP contribution in [0, 0.1) is 17.6 Å². The topological polar surface area (TPSA) is 25.2 Å². The van der Waals surface area contributed by atoms with E-state index in [0.29, 0.717) is 6.04 Å². The largest absolute Gasteiger partial charge is 0.454 e. The van der Waals surface area contributed by atoms with Crippen molar-refractivity contribution in [2.24, 2.45) is 0 Å². The molecule has 0 aliphatic rings. The van der Waals surface area contributed by atoms with Gasteiger partial charge in [0.1, 0.15) is 5.76 Å². The lowest BCUT2D eigenvalue weighted by Crippen LogP contribution is -2.18. The second kappa shape index (κ2) is 5.89. The van der Waals surface area contributed by atoms with Gasteiger partial charge in [0.2, 0.25) is 0 Å². The number of rotatable bonds is 4. The Morgan fingerprint density at radius 1 is 1.22 bits per heavy atom. The molecular weight excluding hydrogens is 337 g/mol. The van der Waals surface area contributed by atoms with Crippen molar-refractivity contribution in [3.8, 4) is 0 Å². The molecule has 0 radical (unpaired) electrons. The molecule has 0 amide bonds. The van der Waals surface area contributed by atoms with Gasteiger partial charge in [0, 0.05) is 6.04 Å². The fourth-order valence-electron chi connectivity index (χ4n) is 2.12. The predicted molar refractivity (Wildman–Crippen MR) is 82.6 cm³/mol. The normalized spacial score (nSPS) is 12.7. The van der Waals surface area contributed by atoms with E-state index in [1.54, 1.807) is 0 Å². The fraction of sp³-hybridized carbons (Fsp3) is 0.333. The number of hydrogen-bond donors (Lipinski definition) is 1. The number of furan rings is 1. The first kappa shape index (κ1) is 13.6. The van der Waals surface area contributed by atoms with Gasteiger partial charge >= 0.3 is 0 Å². The van der Waals surface area contributed by atoms with E-state index in [1.165, 1.54) is 16.7 Å². The van der Waals surface area contributed by atoms with Crippen LogP contribution in [0.3, 0.4) is 0 Å². The van der Waals surface area contributed by atoms with Crippen molar-refractivity contribution in [3.63, 3.8) is 0 Å². The predicted octanol–water partition coefficient (Wildman–Crippen LogP) is 4.35. The van der Waals surface area contributed by atoms with Gasteiger partial charge in [-0.25, -0.2) is 0 Å². The summed E-state index contributed by atoms with van der Waals surface area (Å²) in [6.07, 6.45) is 0. The molecule has 1 unspecified atom stereocenters. The van der Waals surface area contributed by atoms with Gasteiger partial charge in [-0.15, -0.1) is 0 Å². The Labute approximate surface area is 122 Å². The van der Waals surface area contributed by atoms with Crippen LogP contribution in [0.25, 0.3) is 0 Å². The first-order chi connectivity index (χ1) is 8.56. The number of halogens is 1. The summed E-state index contributed by atoms with van der Waals surface area (Å²) in [7, 11) is 0. The van der Waals surface area contributed by atoms with E-state index in [-0.39, 0.29) is 0 Å². The summed E-state index contributed by atoms with van der Waals surface area (Å²) in [6.45, 7) is 7.24. The molecule has 1 N–H and O–H groups in total. The van der Waals surface area contributed by atoms with Gasteiger partial charge in [0.25, 0.3) is 0 Å². The molecule has 3 heteroatoms. The highest BCUT2D eigenvalue weighted by molar-refractivity contribution is 14.1. The molecule has 0 fully saturated rings. The Hall–Kier alpha value is -0.810. The maximum absolute atomic E-state index is 5.54. The Morgan fingerprint density at radius 2 is 2.00 bits per heavy atom. The van der Waals surface area contributed by atoms with Crippen LogP contribution in [-0.4, -0.2) is 0 Å². The lowest BCUT2D eigenvalue weighted by Gasteiger charge is -2.16. The van der Waals surface area contributed by atoms with Crippen LogP contribution >= 0.6 is 22.6 Å². The van der Waals surface area contributed by atoms with E-state index < -0.39 is 0 Å². The second-order valence-electron chi connectivity index (χ2n) is 4.67. The van der Waals surface area contributed by atoms with E-state index in [1.807, 2.05) is 12.1 Å². The maximum atomic E-state index is 5.54. The zero-order valence-corrected chi connectivity index (χ0v) is 13.1. The van der Waals surface area contributed by atoms with Gasteiger partial charge in [0.15, 0.2) is 3.77 Å². The molecule has 2 nitrogen and oxygen atoms in total. The maximum Gasteiger partial charge on any atom is 0.164 e. The monoisotopic (exact) mass is 355 g/mol. The molecule has 2 aromatic rings. The molecule has 0 aliphatic heterocycles. The Bertz CT molecular complexity index is 533. The van der Waals surface area contributed by atoms with Crippen molar-refractivity contribution in [2.45, 2.75) is 33.4 Å². The first-order valence-corrected chi connectivity index (χ1v) is 7.19. The third-order valence-electron chi connectivity index (χ3n) is 3.10. The SMILES string of the molecule is Cc1ccc(C(C)NCc2ccc(I)o2)c(C)c1. The van der Waals surface area contributed by atoms with E-state index in [0.717, 1.165) is 16.1 Å². The van der Waals surface area contributed by atoms with Crippen molar-refractivity contribution >= 4 is 22.6 Å². The lowest BCUT2D eigenvalue weighted by molar-refractivity contribution is 0.444. The molecular formula is C15H18INO. The number of benzene rings is 1. The van der Waals surface area contributed by atoms with Crippen LogP contribution < -0.4 is 5.32 Å². The Balaban J connectivity index is 2.01. The highest BCUT2D eigenvalue weighted by Gasteiger charge is 2.09. The standard InChI is InChI=1S/C15H18INO/c1-10-4-6-14(11(2)8-10)12(3)17-9-13-5-7-15(16)18-13/h4-8,12,17H,9H2,1-3H3. The summed E-state index contributed by atoms with van der Waals surface area (Å²) >= 11 is 2.18. The van der Waals surface area contributed by atoms with Crippen LogP contribution in [0.1, 0.15) is 35.4 Å². The minimum absolute atomic E-state index is 0.327. The summed E-state index contributed by atoms with van der Waals surface area (Å²) < 4.78 is 6.48. The Kier molecular flexibility index (Phi) is 4.45. The number of nitrogens with one attached hydrogen (secondary N) is 1. The van der Waals surface area contributed by atoms with Crippen LogP contribution in [-0.2, 0) is 6.54 Å². The van der Waals surface area contributed by atoms with Gasteiger partial charge < -0.3 is 9.73 Å². The summed E-state index contributed by atoms with van der Waals surface area (Å²) in [5.41, 5.74) is 4.00. The minimum Gasteiger partial charge on any atom is -0.454 e. The van der Waals surface area contributed by atoms with E-state index in [4.69, 9.17) is 4.42 Å². The molecule has 2 rings (SSSR count). The zero-order valence-electron chi connectivity index (χ0n) is 11.0. The van der Waals surface area contributed by atoms with Crippen LogP contribution in [0.2, 0.25) is 0 Å². The van der Waals surface area contributed by atoms with Crippen molar-refractivity contribution < 1.29 is 4.42 Å². The smallest absolute Gasteiger partial charge is 0.164 e. The van der Waals surface area contributed by atoms with Gasteiger partial charge in [-0.05, 0) is 66.6 Å². The van der Waals surface area contributed by atoms with E-state index in [2.05, 4.69) is 66.9 Å². The molecule has 0 saturated heterocycles. The van der Waals surface area contributed by atoms with Crippen molar-refractivity contribution in [2.75, 3.05) is 0 Å². The van der Waals surface area contributed by atoms with Crippen molar-refractivity contribution in [1.82, 2.24) is 5.32 Å². The molecule has 18 heavy (non-hydrogen) atoms. The van der Waals surface area contributed by atoms with Gasteiger partial charge in [-0.2, -0.15) is 0 Å². The summed E-state index contributed by atoms with van der Waals surface area (Å²) in [5.74, 6) is 0.982. The summed E-state index contributed by atoms with van der Waals surface area (Å²) in [5, 5.41) is 3.49. The molecule has 0 spiro atoms.